The molecule has 1 fully saturated rings. The van der Waals surface area contributed by atoms with E-state index in [0.717, 1.165) is 30.0 Å². The Bertz CT molecular complexity index is 1060. The van der Waals surface area contributed by atoms with Crippen LogP contribution in [0.2, 0.25) is 5.02 Å². The van der Waals surface area contributed by atoms with Gasteiger partial charge in [0.25, 0.3) is 5.91 Å². The normalized spacial score (nSPS) is 13.6. The molecule has 0 unspecified atom stereocenters. The number of anilines is 4. The Morgan fingerprint density at radius 1 is 1.13 bits per heavy atom. The second kappa shape index (κ2) is 9.68. The molecule has 31 heavy (non-hydrogen) atoms. The van der Waals surface area contributed by atoms with E-state index >= 15 is 0 Å². The molecule has 4 N–H and O–H groups in total. The van der Waals surface area contributed by atoms with E-state index < -0.39 is 5.91 Å². The fourth-order valence-corrected chi connectivity index (χ4v) is 3.75. The first-order chi connectivity index (χ1) is 15.1. The second-order valence-corrected chi connectivity index (χ2v) is 7.62. The Morgan fingerprint density at radius 3 is 2.61 bits per heavy atom. The van der Waals surface area contributed by atoms with E-state index in [2.05, 4.69) is 20.5 Å². The van der Waals surface area contributed by atoms with Crippen LogP contribution >= 0.6 is 11.6 Å². The first-order valence-electron chi connectivity index (χ1n) is 10.1. The number of rotatable bonds is 7. The maximum atomic E-state index is 11.8. The van der Waals surface area contributed by atoms with E-state index in [9.17, 15) is 4.79 Å². The van der Waals surface area contributed by atoms with Gasteiger partial charge in [0.15, 0.2) is 0 Å². The zero-order chi connectivity index (χ0) is 21.6. The molecule has 7 nitrogen and oxygen atoms in total. The van der Waals surface area contributed by atoms with Crippen LogP contribution in [0, 0.1) is 0 Å². The summed E-state index contributed by atoms with van der Waals surface area (Å²) >= 11 is 6.53. The number of pyridine rings is 1. The Hall–Kier alpha value is -3.29. The van der Waals surface area contributed by atoms with Crippen LogP contribution in [0.1, 0.15) is 15.9 Å². The number of nitrogens with zero attached hydrogens (tertiary/aromatic N) is 2. The highest BCUT2D eigenvalue weighted by Crippen LogP contribution is 2.31. The minimum Gasteiger partial charge on any atom is -0.380 e. The Labute approximate surface area is 186 Å². The summed E-state index contributed by atoms with van der Waals surface area (Å²) in [5, 5.41) is 7.18. The number of benzene rings is 2. The lowest BCUT2D eigenvalue weighted by molar-refractivity contribution is 0.100. The van der Waals surface area contributed by atoms with Crippen LogP contribution in [0.3, 0.4) is 0 Å². The predicted octanol–water partition coefficient (Wildman–Crippen LogP) is 4.03. The molecule has 1 aliphatic rings. The lowest BCUT2D eigenvalue weighted by Crippen LogP contribution is -2.36. The summed E-state index contributed by atoms with van der Waals surface area (Å²) in [6.07, 6.45) is 1.47. The molecule has 4 rings (SSSR count). The van der Waals surface area contributed by atoms with Crippen molar-refractivity contribution in [3.05, 3.63) is 76.9 Å². The number of morpholine rings is 1. The van der Waals surface area contributed by atoms with Crippen LogP contribution in [0.5, 0.6) is 0 Å². The van der Waals surface area contributed by atoms with Crippen molar-refractivity contribution in [3.63, 3.8) is 0 Å². The van der Waals surface area contributed by atoms with Crippen LogP contribution < -0.4 is 21.3 Å². The molecule has 1 aromatic heterocycles. The molecule has 0 radical (unpaired) electrons. The molecule has 160 valence electrons. The first-order valence-corrected chi connectivity index (χ1v) is 10.4. The Morgan fingerprint density at radius 2 is 1.90 bits per heavy atom. The molecule has 1 aliphatic heterocycles. The van der Waals surface area contributed by atoms with Crippen molar-refractivity contribution in [2.45, 2.75) is 6.54 Å². The second-order valence-electron chi connectivity index (χ2n) is 7.21. The Kier molecular flexibility index (Phi) is 6.54. The van der Waals surface area contributed by atoms with Gasteiger partial charge in [-0.2, -0.15) is 0 Å². The molecule has 1 saturated heterocycles. The molecule has 2 aromatic carbocycles. The summed E-state index contributed by atoms with van der Waals surface area (Å²) in [6, 6.07) is 17.5. The van der Waals surface area contributed by atoms with E-state index in [0.29, 0.717) is 41.8 Å². The van der Waals surface area contributed by atoms with Crippen molar-refractivity contribution in [1.29, 1.82) is 0 Å². The van der Waals surface area contributed by atoms with Crippen molar-refractivity contribution in [1.82, 2.24) is 4.98 Å². The molecule has 1 amide bonds. The number of hydrogen-bond donors (Lipinski definition) is 3. The summed E-state index contributed by atoms with van der Waals surface area (Å²) in [6.45, 7) is 3.60. The molecule has 2 heterocycles. The highest BCUT2D eigenvalue weighted by molar-refractivity contribution is 6.33. The smallest absolute Gasteiger partial charge is 0.252 e. The van der Waals surface area contributed by atoms with Crippen LogP contribution in [0.25, 0.3) is 0 Å². The lowest BCUT2D eigenvalue weighted by Gasteiger charge is -2.29. The van der Waals surface area contributed by atoms with Crippen LogP contribution in [-0.2, 0) is 11.3 Å². The number of aromatic nitrogens is 1. The summed E-state index contributed by atoms with van der Waals surface area (Å²) in [5.41, 5.74) is 9.35. The standard InChI is InChI=1S/C23H24ClN5O2/c24-19-12-17(6-7-21(19)29-8-10-31-11-9-29)28-22-13-20(18(15-27-22)23(25)30)26-14-16-4-2-1-3-5-16/h1-7,12-13,15H,8-11,14H2,(H2,25,30)(H2,26,27,28). The predicted molar refractivity (Wildman–Crippen MR) is 124 cm³/mol. The van der Waals surface area contributed by atoms with Crippen molar-refractivity contribution in [2.75, 3.05) is 41.8 Å². The molecule has 0 bridgehead atoms. The van der Waals surface area contributed by atoms with Crippen molar-refractivity contribution in [2.24, 2.45) is 5.73 Å². The van der Waals surface area contributed by atoms with Crippen molar-refractivity contribution in [3.8, 4) is 0 Å². The molecule has 0 spiro atoms. The number of carbonyl (C=O) groups excluding carboxylic acids is 1. The molecular weight excluding hydrogens is 414 g/mol. The van der Waals surface area contributed by atoms with E-state index in [1.165, 1.54) is 6.20 Å². The summed E-state index contributed by atoms with van der Waals surface area (Å²) in [4.78, 5) is 18.4. The van der Waals surface area contributed by atoms with Gasteiger partial charge in [-0.3, -0.25) is 4.79 Å². The van der Waals surface area contributed by atoms with Gasteiger partial charge in [0.05, 0.1) is 35.2 Å². The monoisotopic (exact) mass is 437 g/mol. The van der Waals surface area contributed by atoms with Gasteiger partial charge in [-0.15, -0.1) is 0 Å². The molecule has 0 aliphatic carbocycles. The van der Waals surface area contributed by atoms with Gasteiger partial charge in [-0.1, -0.05) is 41.9 Å². The Balaban J connectivity index is 1.51. The third-order valence-corrected chi connectivity index (χ3v) is 5.37. The zero-order valence-electron chi connectivity index (χ0n) is 17.0. The van der Waals surface area contributed by atoms with Crippen molar-refractivity contribution >= 4 is 40.4 Å². The average molecular weight is 438 g/mol. The topological polar surface area (TPSA) is 92.5 Å². The molecule has 0 saturated carbocycles. The average Bonchev–Trinajstić information content (AvgIpc) is 2.79. The van der Waals surface area contributed by atoms with E-state index in [1.54, 1.807) is 6.07 Å². The maximum Gasteiger partial charge on any atom is 0.252 e. The van der Waals surface area contributed by atoms with Gasteiger partial charge in [-0.05, 0) is 23.8 Å². The lowest BCUT2D eigenvalue weighted by atomic mass is 10.2. The molecule has 8 heteroatoms. The maximum absolute atomic E-state index is 11.8. The van der Waals surface area contributed by atoms with Gasteiger partial charge in [0.1, 0.15) is 5.82 Å². The SMILES string of the molecule is NC(=O)c1cnc(Nc2ccc(N3CCOCC3)c(Cl)c2)cc1NCc1ccccc1. The van der Waals surface area contributed by atoms with E-state index in [4.69, 9.17) is 22.1 Å². The number of nitrogens with two attached hydrogens (primary N) is 1. The number of halogens is 1. The van der Waals surface area contributed by atoms with Gasteiger partial charge < -0.3 is 26.0 Å². The fourth-order valence-electron chi connectivity index (χ4n) is 3.45. The first kappa shape index (κ1) is 21.0. The largest absolute Gasteiger partial charge is 0.380 e. The van der Waals surface area contributed by atoms with E-state index in [-0.39, 0.29) is 0 Å². The zero-order valence-corrected chi connectivity index (χ0v) is 17.7. The van der Waals surface area contributed by atoms with Crippen LogP contribution in [0.4, 0.5) is 22.9 Å². The minimum atomic E-state index is -0.535. The summed E-state index contributed by atoms with van der Waals surface area (Å²) in [7, 11) is 0. The number of hydrogen-bond acceptors (Lipinski definition) is 6. The molecule has 3 aromatic rings. The van der Waals surface area contributed by atoms with E-state index in [1.807, 2.05) is 48.5 Å². The summed E-state index contributed by atoms with van der Waals surface area (Å²) < 4.78 is 5.41. The summed E-state index contributed by atoms with van der Waals surface area (Å²) in [5.74, 6) is 0.0447. The number of amides is 1. The highest BCUT2D eigenvalue weighted by atomic mass is 35.5. The van der Waals surface area contributed by atoms with Crippen molar-refractivity contribution < 1.29 is 9.53 Å². The number of primary amides is 1. The highest BCUT2D eigenvalue weighted by Gasteiger charge is 2.15. The molecule has 0 atom stereocenters. The third-order valence-electron chi connectivity index (χ3n) is 5.07. The van der Waals surface area contributed by atoms with Gasteiger partial charge in [0, 0.05) is 37.6 Å². The number of ether oxygens (including phenoxy) is 1. The van der Waals surface area contributed by atoms with Gasteiger partial charge in [-0.25, -0.2) is 4.98 Å². The molecular formula is C23H24ClN5O2. The van der Waals surface area contributed by atoms with Crippen LogP contribution in [-0.4, -0.2) is 37.2 Å². The third kappa shape index (κ3) is 5.25. The minimum absolute atomic E-state index is 0.335. The van der Waals surface area contributed by atoms with Crippen LogP contribution in [0.15, 0.2) is 60.8 Å². The fraction of sp³-hybridized carbons (Fsp3) is 0.217. The number of carbonyl (C=O) groups is 1. The van der Waals surface area contributed by atoms with Gasteiger partial charge >= 0.3 is 0 Å². The number of nitrogens with one attached hydrogen (secondary N) is 2. The van der Waals surface area contributed by atoms with Gasteiger partial charge in [0.2, 0.25) is 0 Å². The quantitative estimate of drug-likeness (QED) is 0.517.